The highest BCUT2D eigenvalue weighted by molar-refractivity contribution is 6.36. The van der Waals surface area contributed by atoms with E-state index in [-0.39, 0.29) is 23.7 Å². The number of aromatic nitrogens is 1. The van der Waals surface area contributed by atoms with Gasteiger partial charge in [0.25, 0.3) is 5.91 Å². The third-order valence-electron chi connectivity index (χ3n) is 3.66. The predicted octanol–water partition coefficient (Wildman–Crippen LogP) is 5.84. The Morgan fingerprint density at radius 2 is 1.70 bits per heavy atom. The number of hydrogen-bond donors (Lipinski definition) is 1. The van der Waals surface area contributed by atoms with Gasteiger partial charge in [-0.05, 0) is 42.0 Å². The molecule has 1 aromatic heterocycles. The molecule has 0 atom stereocenters. The highest BCUT2D eigenvalue weighted by Crippen LogP contribution is 2.29. The maximum atomic E-state index is 12.6. The van der Waals surface area contributed by atoms with Crippen molar-refractivity contribution in [3.05, 3.63) is 81.4 Å². The van der Waals surface area contributed by atoms with Crippen molar-refractivity contribution in [1.82, 2.24) is 4.98 Å². The third-order valence-corrected chi connectivity index (χ3v) is 4.37. The summed E-state index contributed by atoms with van der Waals surface area (Å²) in [4.78, 5) is 16.2. The topological polar surface area (TPSA) is 55.1 Å². The van der Waals surface area contributed by atoms with Gasteiger partial charge in [0.1, 0.15) is 6.26 Å². The maximum absolute atomic E-state index is 12.6. The summed E-state index contributed by atoms with van der Waals surface area (Å²) >= 11 is 12.2. The molecule has 0 unspecified atom stereocenters. The lowest BCUT2D eigenvalue weighted by Gasteiger charge is -2.07. The fourth-order valence-corrected chi connectivity index (χ4v) is 2.83. The molecule has 9 heteroatoms. The normalized spacial score (nSPS) is 11.4. The Morgan fingerprint density at radius 1 is 1.07 bits per heavy atom. The molecule has 2 aromatic carbocycles. The van der Waals surface area contributed by atoms with Gasteiger partial charge in [-0.25, -0.2) is 0 Å². The molecule has 27 heavy (non-hydrogen) atoms. The van der Waals surface area contributed by atoms with Crippen molar-refractivity contribution in [3.63, 3.8) is 0 Å². The maximum Gasteiger partial charge on any atom is 0.416 e. The number of hydrogen-bond acceptors (Lipinski definition) is 3. The smallest absolute Gasteiger partial charge is 0.416 e. The second-order valence-corrected chi connectivity index (χ2v) is 6.35. The summed E-state index contributed by atoms with van der Waals surface area (Å²) in [6, 6.07) is 8.91. The lowest BCUT2D eigenvalue weighted by molar-refractivity contribution is -0.137. The summed E-state index contributed by atoms with van der Waals surface area (Å²) in [5.74, 6) is -0.217. The number of anilines is 1. The van der Waals surface area contributed by atoms with Crippen molar-refractivity contribution in [2.45, 2.75) is 12.6 Å². The van der Waals surface area contributed by atoms with E-state index in [1.165, 1.54) is 6.26 Å². The molecule has 0 spiro atoms. The zero-order valence-electron chi connectivity index (χ0n) is 13.5. The van der Waals surface area contributed by atoms with Gasteiger partial charge in [0, 0.05) is 15.6 Å². The molecule has 0 radical (unpaired) electrons. The third kappa shape index (κ3) is 4.61. The number of alkyl halides is 3. The van der Waals surface area contributed by atoms with Crippen LogP contribution in [0, 0.1) is 0 Å². The number of benzene rings is 2. The van der Waals surface area contributed by atoms with Crippen molar-refractivity contribution < 1.29 is 22.4 Å². The number of nitrogens with one attached hydrogen (secondary N) is 1. The van der Waals surface area contributed by atoms with Crippen molar-refractivity contribution in [2.75, 3.05) is 5.32 Å². The average molecular weight is 415 g/mol. The monoisotopic (exact) mass is 414 g/mol. The Balaban J connectivity index is 1.69. The highest BCUT2D eigenvalue weighted by Gasteiger charge is 2.30. The van der Waals surface area contributed by atoms with E-state index >= 15 is 0 Å². The van der Waals surface area contributed by atoms with Crippen LogP contribution < -0.4 is 5.32 Å². The van der Waals surface area contributed by atoms with Gasteiger partial charge < -0.3 is 9.73 Å². The van der Waals surface area contributed by atoms with Gasteiger partial charge in [0.05, 0.1) is 12.0 Å². The summed E-state index contributed by atoms with van der Waals surface area (Å²) in [7, 11) is 0. The molecular formula is C18H11Cl2F3N2O2. The van der Waals surface area contributed by atoms with Crippen LogP contribution in [0.4, 0.5) is 19.0 Å². The van der Waals surface area contributed by atoms with Crippen LogP contribution in [0.5, 0.6) is 0 Å². The zero-order valence-corrected chi connectivity index (χ0v) is 15.0. The van der Waals surface area contributed by atoms with E-state index in [0.29, 0.717) is 15.6 Å². The minimum absolute atomic E-state index is 0.0571. The Morgan fingerprint density at radius 3 is 2.30 bits per heavy atom. The average Bonchev–Trinajstić information content (AvgIpc) is 3.05. The molecule has 1 N–H and O–H groups in total. The van der Waals surface area contributed by atoms with E-state index in [1.807, 2.05) is 0 Å². The first-order valence-electron chi connectivity index (χ1n) is 7.60. The van der Waals surface area contributed by atoms with Crippen molar-refractivity contribution in [2.24, 2.45) is 0 Å². The van der Waals surface area contributed by atoms with E-state index in [9.17, 15) is 18.0 Å². The second kappa shape index (κ2) is 7.62. The first-order valence-corrected chi connectivity index (χ1v) is 8.35. The standard InChI is InChI=1S/C18H11Cl2F3N2O2/c19-13-2-1-3-14(20)12(13)8-16-24-15(9-27-16)25-17(26)10-4-6-11(7-5-10)18(21,22)23/h1-7,9H,8H2,(H,25,26). The second-order valence-electron chi connectivity index (χ2n) is 5.53. The van der Waals surface area contributed by atoms with Crippen LogP contribution in [-0.4, -0.2) is 10.9 Å². The van der Waals surface area contributed by atoms with Crippen molar-refractivity contribution in [3.8, 4) is 0 Å². The SMILES string of the molecule is O=C(Nc1coc(Cc2c(Cl)cccc2Cl)n1)c1ccc(C(F)(F)F)cc1. The van der Waals surface area contributed by atoms with Crippen LogP contribution in [0.2, 0.25) is 10.0 Å². The Hall–Kier alpha value is -2.51. The molecule has 0 saturated carbocycles. The molecule has 0 aliphatic heterocycles. The minimum Gasteiger partial charge on any atom is -0.446 e. The van der Waals surface area contributed by atoms with Gasteiger partial charge in [-0.2, -0.15) is 18.2 Å². The van der Waals surface area contributed by atoms with E-state index in [4.69, 9.17) is 27.6 Å². The Labute approximate surface area is 161 Å². The molecule has 0 aliphatic rings. The fraction of sp³-hybridized carbons (Fsp3) is 0.111. The van der Waals surface area contributed by atoms with Crippen molar-refractivity contribution >= 4 is 34.9 Å². The van der Waals surface area contributed by atoms with Gasteiger partial charge in [-0.1, -0.05) is 29.3 Å². The number of halogens is 5. The van der Waals surface area contributed by atoms with Gasteiger partial charge in [0.15, 0.2) is 5.82 Å². The molecule has 140 valence electrons. The molecule has 3 aromatic rings. The fourth-order valence-electron chi connectivity index (χ4n) is 2.30. The van der Waals surface area contributed by atoms with Crippen LogP contribution in [0.25, 0.3) is 0 Å². The Bertz CT molecular complexity index is 949. The number of carbonyl (C=O) groups is 1. The summed E-state index contributed by atoms with van der Waals surface area (Å²) in [5.41, 5.74) is -0.149. The number of oxazole rings is 1. The van der Waals surface area contributed by atoms with Crippen LogP contribution in [-0.2, 0) is 12.6 Å². The first kappa shape index (κ1) is 19.3. The number of amides is 1. The van der Waals surface area contributed by atoms with E-state index < -0.39 is 17.6 Å². The van der Waals surface area contributed by atoms with Crippen LogP contribution in [0.3, 0.4) is 0 Å². The quantitative estimate of drug-likeness (QED) is 0.582. The predicted molar refractivity (Wildman–Crippen MR) is 95.2 cm³/mol. The molecule has 0 fully saturated rings. The lowest BCUT2D eigenvalue weighted by Crippen LogP contribution is -2.13. The Kier molecular flexibility index (Phi) is 5.43. The van der Waals surface area contributed by atoms with Crippen molar-refractivity contribution in [1.29, 1.82) is 0 Å². The lowest BCUT2D eigenvalue weighted by atomic mass is 10.1. The van der Waals surface area contributed by atoms with E-state index in [1.54, 1.807) is 18.2 Å². The van der Waals surface area contributed by atoms with Gasteiger partial charge >= 0.3 is 6.18 Å². The summed E-state index contributed by atoms with van der Waals surface area (Å²) in [6.07, 6.45) is -3.02. The molecular weight excluding hydrogens is 404 g/mol. The van der Waals surface area contributed by atoms with Gasteiger partial charge in [-0.15, -0.1) is 0 Å². The van der Waals surface area contributed by atoms with E-state index in [0.717, 1.165) is 24.3 Å². The highest BCUT2D eigenvalue weighted by atomic mass is 35.5. The van der Waals surface area contributed by atoms with Crippen LogP contribution >= 0.6 is 23.2 Å². The van der Waals surface area contributed by atoms with E-state index in [2.05, 4.69) is 10.3 Å². The molecule has 0 saturated heterocycles. The van der Waals surface area contributed by atoms with Gasteiger partial charge in [0.2, 0.25) is 5.89 Å². The first-order chi connectivity index (χ1) is 12.7. The van der Waals surface area contributed by atoms with Crippen LogP contribution in [0.15, 0.2) is 53.1 Å². The summed E-state index contributed by atoms with van der Waals surface area (Å²) < 4.78 is 43.0. The molecule has 4 nitrogen and oxygen atoms in total. The number of nitrogens with zero attached hydrogens (tertiary/aromatic N) is 1. The molecule has 3 rings (SSSR count). The number of carbonyl (C=O) groups excluding carboxylic acids is 1. The molecule has 1 heterocycles. The zero-order chi connectivity index (χ0) is 19.6. The van der Waals surface area contributed by atoms with Gasteiger partial charge in [-0.3, -0.25) is 4.79 Å². The minimum atomic E-state index is -4.46. The number of rotatable bonds is 4. The summed E-state index contributed by atoms with van der Waals surface area (Å²) in [5, 5.41) is 3.37. The summed E-state index contributed by atoms with van der Waals surface area (Å²) in [6.45, 7) is 0. The largest absolute Gasteiger partial charge is 0.446 e. The van der Waals surface area contributed by atoms with Crippen LogP contribution in [0.1, 0.15) is 27.4 Å². The molecule has 0 bridgehead atoms. The molecule has 0 aliphatic carbocycles. The molecule has 1 amide bonds.